The van der Waals surface area contributed by atoms with Crippen molar-refractivity contribution in [2.45, 2.75) is 32.3 Å². The second-order valence-corrected chi connectivity index (χ2v) is 5.42. The van der Waals surface area contributed by atoms with Crippen molar-refractivity contribution in [2.24, 2.45) is 5.16 Å². The normalized spacial score (nSPS) is 13.2. The maximum atomic E-state index is 14.3. The Kier molecular flexibility index (Phi) is 5.30. The van der Waals surface area contributed by atoms with Gasteiger partial charge in [0.15, 0.2) is 0 Å². The van der Waals surface area contributed by atoms with Crippen LogP contribution in [0.15, 0.2) is 29.4 Å². The molecular weight excluding hydrogens is 290 g/mol. The lowest BCUT2D eigenvalue weighted by Gasteiger charge is -2.21. The largest absolute Gasteiger partial charge is 0.387 e. The van der Waals surface area contributed by atoms with Gasteiger partial charge in [-0.3, -0.25) is 0 Å². The van der Waals surface area contributed by atoms with Crippen LogP contribution < -0.4 is 5.48 Å². The molecule has 1 aromatic carbocycles. The highest BCUT2D eigenvalue weighted by Gasteiger charge is 2.42. The van der Waals surface area contributed by atoms with E-state index < -0.39 is 17.4 Å². The van der Waals surface area contributed by atoms with Crippen LogP contribution in [0.1, 0.15) is 26.3 Å². The van der Waals surface area contributed by atoms with Crippen molar-refractivity contribution in [1.29, 1.82) is 0 Å². The molecule has 0 radical (unpaired) electrons. The predicted molar refractivity (Wildman–Crippen MR) is 73.8 cm³/mol. The van der Waals surface area contributed by atoms with E-state index in [1.165, 1.54) is 31.3 Å². The monoisotopic (exact) mass is 306 g/mol. The Morgan fingerprint density at radius 2 is 1.75 bits per heavy atom. The second-order valence-electron chi connectivity index (χ2n) is 4.99. The van der Waals surface area contributed by atoms with Gasteiger partial charge in [-0.25, -0.2) is 0 Å². The van der Waals surface area contributed by atoms with Gasteiger partial charge in [0.25, 0.3) is 0 Å². The molecule has 0 aromatic heterocycles. The molecule has 0 amide bonds. The standard InChI is InChI=1S/C13H17ClF2N2O2/c1-12(2,3)20-18-11(19-17-4)13(15,16)9-5-7-10(14)8-6-9/h5-8,17H,1-4H3/b18-11-. The highest BCUT2D eigenvalue weighted by atomic mass is 35.5. The van der Waals surface area contributed by atoms with E-state index in [0.29, 0.717) is 5.02 Å². The van der Waals surface area contributed by atoms with Gasteiger partial charge in [-0.1, -0.05) is 23.7 Å². The highest BCUT2D eigenvalue weighted by Crippen LogP contribution is 2.31. The van der Waals surface area contributed by atoms with Gasteiger partial charge in [0, 0.05) is 17.6 Å². The summed E-state index contributed by atoms with van der Waals surface area (Å²) in [6.45, 7) is 5.07. The summed E-state index contributed by atoms with van der Waals surface area (Å²) in [6.07, 6.45) is 0. The SMILES string of the molecule is CNO/C(=N\OC(C)(C)C)C(F)(F)c1ccc(Cl)cc1. The summed E-state index contributed by atoms with van der Waals surface area (Å²) in [4.78, 5) is 9.67. The molecule has 20 heavy (non-hydrogen) atoms. The topological polar surface area (TPSA) is 42.8 Å². The van der Waals surface area contributed by atoms with Gasteiger partial charge >= 0.3 is 11.8 Å². The Morgan fingerprint density at radius 1 is 1.20 bits per heavy atom. The van der Waals surface area contributed by atoms with Crippen molar-refractivity contribution < 1.29 is 18.5 Å². The Bertz CT molecular complexity index is 470. The van der Waals surface area contributed by atoms with Gasteiger partial charge in [-0.2, -0.15) is 14.3 Å². The summed E-state index contributed by atoms with van der Waals surface area (Å²) in [5, 5.41) is 3.77. The molecule has 7 heteroatoms. The van der Waals surface area contributed by atoms with Crippen molar-refractivity contribution >= 4 is 17.5 Å². The van der Waals surface area contributed by atoms with Crippen LogP contribution in [0.25, 0.3) is 0 Å². The molecule has 4 nitrogen and oxygen atoms in total. The Hall–Kier alpha value is -1.40. The Labute approximate surface area is 121 Å². The highest BCUT2D eigenvalue weighted by molar-refractivity contribution is 6.30. The average Bonchev–Trinajstić information content (AvgIpc) is 2.33. The lowest BCUT2D eigenvalue weighted by atomic mass is 10.1. The number of alkyl halides is 2. The van der Waals surface area contributed by atoms with Gasteiger partial charge in [-0.15, -0.1) is 0 Å². The first-order valence-corrected chi connectivity index (χ1v) is 6.28. The quantitative estimate of drug-likeness (QED) is 0.524. The number of oxime groups is 1. The van der Waals surface area contributed by atoms with Gasteiger partial charge in [-0.05, 0) is 38.1 Å². The van der Waals surface area contributed by atoms with Crippen LogP contribution in [0.4, 0.5) is 8.78 Å². The molecule has 1 aromatic rings. The third-order valence-electron chi connectivity index (χ3n) is 2.08. The van der Waals surface area contributed by atoms with Crippen LogP contribution >= 0.6 is 11.6 Å². The van der Waals surface area contributed by atoms with Crippen molar-refractivity contribution in [2.75, 3.05) is 7.05 Å². The second kappa shape index (κ2) is 6.37. The molecule has 0 saturated heterocycles. The van der Waals surface area contributed by atoms with Gasteiger partial charge in [0.05, 0.1) is 0 Å². The van der Waals surface area contributed by atoms with Crippen molar-refractivity contribution in [1.82, 2.24) is 5.48 Å². The molecular formula is C13H17ClF2N2O2. The van der Waals surface area contributed by atoms with Gasteiger partial charge < -0.3 is 9.68 Å². The minimum Gasteiger partial charge on any atom is -0.387 e. The first kappa shape index (κ1) is 16.7. The molecule has 0 bridgehead atoms. The summed E-state index contributed by atoms with van der Waals surface area (Å²) in [5.41, 5.74) is 1.17. The maximum Gasteiger partial charge on any atom is 0.352 e. The fraction of sp³-hybridized carbons (Fsp3) is 0.462. The van der Waals surface area contributed by atoms with Crippen LogP contribution in [0, 0.1) is 0 Å². The van der Waals surface area contributed by atoms with E-state index in [-0.39, 0.29) is 5.56 Å². The number of hydroxylamine groups is 1. The zero-order chi connectivity index (χ0) is 15.4. The zero-order valence-electron chi connectivity index (χ0n) is 11.7. The molecule has 1 rings (SSSR count). The summed E-state index contributed by atoms with van der Waals surface area (Å²) in [5.74, 6) is -4.32. The number of nitrogens with zero attached hydrogens (tertiary/aromatic N) is 1. The van der Waals surface area contributed by atoms with Crippen LogP contribution in [0.3, 0.4) is 0 Å². The van der Waals surface area contributed by atoms with Crippen LogP contribution in [-0.2, 0) is 15.6 Å². The summed E-state index contributed by atoms with van der Waals surface area (Å²) >= 11 is 5.68. The van der Waals surface area contributed by atoms with E-state index in [9.17, 15) is 8.78 Å². The molecule has 0 aliphatic carbocycles. The zero-order valence-corrected chi connectivity index (χ0v) is 12.5. The van der Waals surface area contributed by atoms with Gasteiger partial charge in [0.1, 0.15) is 5.60 Å². The summed E-state index contributed by atoms with van der Waals surface area (Å²) in [6, 6.07) is 5.14. The Morgan fingerprint density at radius 3 is 2.20 bits per heavy atom. The number of nitrogens with one attached hydrogen (secondary N) is 1. The lowest BCUT2D eigenvalue weighted by molar-refractivity contribution is -0.0271. The predicted octanol–water partition coefficient (Wildman–Crippen LogP) is 3.71. The van der Waals surface area contributed by atoms with Crippen molar-refractivity contribution in [3.8, 4) is 0 Å². The fourth-order valence-electron chi connectivity index (χ4n) is 1.20. The molecule has 0 unspecified atom stereocenters. The molecule has 0 fully saturated rings. The first-order chi connectivity index (χ1) is 9.16. The van der Waals surface area contributed by atoms with E-state index in [1.807, 2.05) is 0 Å². The first-order valence-electron chi connectivity index (χ1n) is 5.91. The van der Waals surface area contributed by atoms with E-state index >= 15 is 0 Å². The van der Waals surface area contributed by atoms with Crippen molar-refractivity contribution in [3.05, 3.63) is 34.9 Å². The molecule has 112 valence electrons. The molecule has 0 heterocycles. The van der Waals surface area contributed by atoms with E-state index in [0.717, 1.165) is 0 Å². The van der Waals surface area contributed by atoms with Crippen molar-refractivity contribution in [3.63, 3.8) is 0 Å². The summed E-state index contributed by atoms with van der Waals surface area (Å²) in [7, 11) is 1.35. The molecule has 0 aliphatic rings. The number of hydrogen-bond acceptors (Lipinski definition) is 4. The maximum absolute atomic E-state index is 14.3. The molecule has 0 atom stereocenters. The third kappa shape index (κ3) is 4.61. The minimum atomic E-state index is -3.45. The van der Waals surface area contributed by atoms with E-state index in [4.69, 9.17) is 16.4 Å². The average molecular weight is 307 g/mol. The van der Waals surface area contributed by atoms with E-state index in [2.05, 4.69) is 15.5 Å². The van der Waals surface area contributed by atoms with Crippen LogP contribution in [0.2, 0.25) is 5.02 Å². The fourth-order valence-corrected chi connectivity index (χ4v) is 1.32. The number of halogens is 3. The molecule has 0 saturated carbocycles. The smallest absolute Gasteiger partial charge is 0.352 e. The third-order valence-corrected chi connectivity index (χ3v) is 2.33. The van der Waals surface area contributed by atoms with E-state index in [1.54, 1.807) is 20.8 Å². The van der Waals surface area contributed by atoms with Crippen LogP contribution in [-0.4, -0.2) is 18.5 Å². The number of rotatable bonds is 4. The van der Waals surface area contributed by atoms with Crippen LogP contribution in [0.5, 0.6) is 0 Å². The molecule has 0 spiro atoms. The Balaban J connectivity index is 3.08. The summed E-state index contributed by atoms with van der Waals surface area (Å²) < 4.78 is 28.6. The lowest BCUT2D eigenvalue weighted by Crippen LogP contribution is -2.33. The molecule has 1 N–H and O–H groups in total. The number of benzene rings is 1. The van der Waals surface area contributed by atoms with Gasteiger partial charge in [0.2, 0.25) is 0 Å². The number of hydrogen-bond donors (Lipinski definition) is 1. The minimum absolute atomic E-state index is 0.298. The molecule has 0 aliphatic heterocycles.